The van der Waals surface area contributed by atoms with Gasteiger partial charge in [0.1, 0.15) is 12.4 Å². The maximum absolute atomic E-state index is 12.8. The number of hydrogen-bond donors (Lipinski definition) is 1. The Kier molecular flexibility index (Phi) is 8.35. The minimum atomic E-state index is -0.998. The van der Waals surface area contributed by atoms with E-state index in [-0.39, 0.29) is 11.5 Å². The third-order valence-corrected chi connectivity index (χ3v) is 7.94. The molecule has 1 fully saturated rings. The molecule has 0 aliphatic carbocycles. The Bertz CT molecular complexity index is 1340. The molecule has 1 aliphatic heterocycles. The molecule has 3 aromatic rings. The van der Waals surface area contributed by atoms with Crippen molar-refractivity contribution in [3.63, 3.8) is 0 Å². The normalized spacial score (nSPS) is 15.8. The number of carboxylic acid groups (broad SMARTS) is 1. The molecule has 0 spiro atoms. The first-order valence-electron chi connectivity index (χ1n) is 10.2. The molecule has 0 unspecified atom stereocenters. The molecule has 1 heterocycles. The van der Waals surface area contributed by atoms with Crippen molar-refractivity contribution in [1.82, 2.24) is 4.90 Å². The molecule has 0 radical (unpaired) electrons. The lowest BCUT2D eigenvalue weighted by atomic mass is 10.2. The van der Waals surface area contributed by atoms with Gasteiger partial charge < -0.3 is 9.84 Å². The molecular formula is C25H17Br2IN2O4S. The number of carboxylic acids is 1. The maximum Gasteiger partial charge on any atom is 0.335 e. The van der Waals surface area contributed by atoms with Crippen LogP contribution in [0.1, 0.15) is 21.5 Å². The predicted molar refractivity (Wildman–Crippen MR) is 154 cm³/mol. The summed E-state index contributed by atoms with van der Waals surface area (Å²) >= 11 is 10.5. The fourth-order valence-electron chi connectivity index (χ4n) is 3.13. The molecule has 4 rings (SSSR count). The first kappa shape index (κ1) is 25.9. The van der Waals surface area contributed by atoms with Crippen LogP contribution in [0.2, 0.25) is 0 Å². The van der Waals surface area contributed by atoms with Gasteiger partial charge in [0.15, 0.2) is 5.17 Å². The molecule has 1 N–H and O–H groups in total. The second kappa shape index (κ2) is 11.3. The van der Waals surface area contributed by atoms with Crippen LogP contribution in [0.5, 0.6) is 5.75 Å². The lowest BCUT2D eigenvalue weighted by Crippen LogP contribution is -2.23. The third-order valence-electron chi connectivity index (χ3n) is 4.96. The monoisotopic (exact) mass is 726 g/mol. The molecule has 0 bridgehead atoms. The van der Waals surface area contributed by atoms with E-state index in [1.54, 1.807) is 19.2 Å². The van der Waals surface area contributed by atoms with E-state index >= 15 is 0 Å². The summed E-state index contributed by atoms with van der Waals surface area (Å²) in [5.74, 6) is -0.412. The summed E-state index contributed by atoms with van der Waals surface area (Å²) in [6.07, 6.45) is 1.82. The summed E-state index contributed by atoms with van der Waals surface area (Å²) in [6.45, 7) is 0.439. The van der Waals surface area contributed by atoms with Gasteiger partial charge in [0.2, 0.25) is 0 Å². The highest BCUT2D eigenvalue weighted by Gasteiger charge is 2.30. The zero-order valence-electron chi connectivity index (χ0n) is 18.2. The van der Waals surface area contributed by atoms with Gasteiger partial charge in [-0.2, -0.15) is 0 Å². The number of amidine groups is 1. The number of benzene rings is 3. The molecule has 1 saturated heterocycles. The molecule has 1 amide bonds. The largest absolute Gasteiger partial charge is 0.487 e. The van der Waals surface area contributed by atoms with Crippen molar-refractivity contribution >= 4 is 95.0 Å². The van der Waals surface area contributed by atoms with Crippen molar-refractivity contribution in [1.29, 1.82) is 0 Å². The van der Waals surface area contributed by atoms with E-state index in [2.05, 4.69) is 59.4 Å². The Labute approximate surface area is 236 Å². The van der Waals surface area contributed by atoms with Gasteiger partial charge in [-0.25, -0.2) is 9.79 Å². The van der Waals surface area contributed by atoms with Crippen LogP contribution in [0.3, 0.4) is 0 Å². The van der Waals surface area contributed by atoms with Crippen LogP contribution in [0.4, 0.5) is 5.69 Å². The molecule has 3 aromatic carbocycles. The lowest BCUT2D eigenvalue weighted by Gasteiger charge is -2.12. The molecule has 6 nitrogen and oxygen atoms in total. The van der Waals surface area contributed by atoms with Gasteiger partial charge in [-0.3, -0.25) is 9.69 Å². The maximum atomic E-state index is 12.8. The molecule has 0 atom stereocenters. The average molecular weight is 728 g/mol. The van der Waals surface area contributed by atoms with Gasteiger partial charge in [0.25, 0.3) is 5.91 Å². The van der Waals surface area contributed by atoms with Crippen LogP contribution in [-0.4, -0.2) is 34.1 Å². The second-order valence-electron chi connectivity index (χ2n) is 7.45. The van der Waals surface area contributed by atoms with E-state index < -0.39 is 5.97 Å². The fraction of sp³-hybridized carbons (Fsp3) is 0.0800. The third kappa shape index (κ3) is 6.35. The number of aromatic carboxylic acids is 1. The molecule has 10 heteroatoms. The predicted octanol–water partition coefficient (Wildman–Crippen LogP) is 7.33. The van der Waals surface area contributed by atoms with Gasteiger partial charge in [-0.15, -0.1) is 0 Å². The Morgan fingerprint density at radius 1 is 1.14 bits per heavy atom. The molecule has 1 aliphatic rings. The van der Waals surface area contributed by atoms with E-state index in [0.29, 0.717) is 22.4 Å². The zero-order valence-corrected chi connectivity index (χ0v) is 24.3. The van der Waals surface area contributed by atoms with Crippen LogP contribution in [-0.2, 0) is 11.4 Å². The molecule has 0 aromatic heterocycles. The smallest absolute Gasteiger partial charge is 0.335 e. The van der Waals surface area contributed by atoms with Crippen LogP contribution >= 0.6 is 66.2 Å². The van der Waals surface area contributed by atoms with Gasteiger partial charge in [-0.05, 0) is 116 Å². The number of amides is 1. The highest BCUT2D eigenvalue weighted by Crippen LogP contribution is 2.37. The number of thioether (sulfide) groups is 1. The van der Waals surface area contributed by atoms with E-state index in [9.17, 15) is 9.59 Å². The first-order valence-corrected chi connectivity index (χ1v) is 13.7. The lowest BCUT2D eigenvalue weighted by molar-refractivity contribution is -0.121. The highest BCUT2D eigenvalue weighted by molar-refractivity contribution is 14.1. The molecule has 178 valence electrons. The topological polar surface area (TPSA) is 79.2 Å². The summed E-state index contributed by atoms with van der Waals surface area (Å²) in [6, 6.07) is 18.0. The number of likely N-dealkylation sites (N-methyl/N-ethyl adjacent to an activating group) is 1. The van der Waals surface area contributed by atoms with Crippen LogP contribution in [0.25, 0.3) is 6.08 Å². The van der Waals surface area contributed by atoms with Crippen LogP contribution in [0, 0.1) is 3.57 Å². The number of nitrogens with zero attached hydrogens (tertiary/aromatic N) is 2. The first-order chi connectivity index (χ1) is 16.7. The summed E-state index contributed by atoms with van der Waals surface area (Å²) in [5, 5.41) is 9.57. The zero-order chi connectivity index (χ0) is 25.1. The second-order valence-corrected chi connectivity index (χ2v) is 11.4. The Morgan fingerprint density at radius 3 is 2.46 bits per heavy atom. The number of aliphatic imine (C=N–C) groups is 1. The fourth-order valence-corrected chi connectivity index (χ4v) is 6.15. The van der Waals surface area contributed by atoms with E-state index in [4.69, 9.17) is 9.84 Å². The number of carbonyl (C=O) groups is 2. The minimum Gasteiger partial charge on any atom is -0.487 e. The van der Waals surface area contributed by atoms with Gasteiger partial charge in [0.05, 0.1) is 24.2 Å². The number of carbonyl (C=O) groups excluding carboxylic acids is 1. The number of rotatable bonds is 6. The van der Waals surface area contributed by atoms with E-state index in [1.807, 2.05) is 42.5 Å². The summed E-state index contributed by atoms with van der Waals surface area (Å²) in [5.41, 5.74) is 2.67. The van der Waals surface area contributed by atoms with Gasteiger partial charge >= 0.3 is 5.97 Å². The van der Waals surface area contributed by atoms with Crippen molar-refractivity contribution in [3.05, 3.63) is 94.8 Å². The van der Waals surface area contributed by atoms with Crippen molar-refractivity contribution in [2.24, 2.45) is 4.99 Å². The molecule has 0 saturated carbocycles. The van der Waals surface area contributed by atoms with Crippen molar-refractivity contribution in [3.8, 4) is 5.75 Å². The molecule has 35 heavy (non-hydrogen) atoms. The Hall–Kier alpha value is -2.15. The van der Waals surface area contributed by atoms with Crippen molar-refractivity contribution in [2.45, 2.75) is 6.61 Å². The highest BCUT2D eigenvalue weighted by atomic mass is 127. The van der Waals surface area contributed by atoms with E-state index in [1.165, 1.54) is 28.8 Å². The number of ether oxygens (including phenoxy) is 1. The van der Waals surface area contributed by atoms with Crippen molar-refractivity contribution < 1.29 is 19.4 Å². The van der Waals surface area contributed by atoms with Gasteiger partial charge in [0, 0.05) is 11.5 Å². The summed E-state index contributed by atoms with van der Waals surface area (Å²) < 4.78 is 8.76. The number of halogens is 3. The summed E-state index contributed by atoms with van der Waals surface area (Å²) in [7, 11) is 1.67. The number of hydrogen-bond acceptors (Lipinski definition) is 5. The van der Waals surface area contributed by atoms with Crippen LogP contribution < -0.4 is 4.74 Å². The van der Waals surface area contributed by atoms with Crippen molar-refractivity contribution in [2.75, 3.05) is 7.05 Å². The Balaban J connectivity index is 1.52. The standard InChI is InChI=1S/C25H17Br2IN2O4S/c1-30-23(31)21(35-25(30)29-18-8-4-16(5-9-18)24(32)33)12-15-10-19(27)22(20(28)11-15)34-13-14-2-6-17(26)7-3-14/h2-12H,13H2,1H3,(H,32,33)/b21-12-,29-25?. The van der Waals surface area contributed by atoms with Gasteiger partial charge in [-0.1, -0.05) is 28.1 Å². The SMILES string of the molecule is CN1C(=O)/C(=C/c2cc(Br)c(OCc3ccc(Br)cc3)c(I)c2)SC1=Nc1ccc(C(=O)O)cc1. The quantitative estimate of drug-likeness (QED) is 0.213. The Morgan fingerprint density at radius 2 is 1.83 bits per heavy atom. The summed E-state index contributed by atoms with van der Waals surface area (Å²) in [4.78, 5) is 30.4. The van der Waals surface area contributed by atoms with Crippen LogP contribution in [0.15, 0.2) is 79.5 Å². The molecular weight excluding hydrogens is 711 g/mol. The van der Waals surface area contributed by atoms with E-state index in [0.717, 1.165) is 29.4 Å². The average Bonchev–Trinajstić information content (AvgIpc) is 3.07. The minimum absolute atomic E-state index is 0.155.